The summed E-state index contributed by atoms with van der Waals surface area (Å²) in [6, 6.07) is 12.8. The molecule has 0 unspecified atom stereocenters. The van der Waals surface area contributed by atoms with Gasteiger partial charge in [0.1, 0.15) is 17.8 Å². The van der Waals surface area contributed by atoms with Gasteiger partial charge in [-0.1, -0.05) is 12.1 Å². The van der Waals surface area contributed by atoms with Crippen molar-refractivity contribution in [1.29, 1.82) is 5.26 Å². The van der Waals surface area contributed by atoms with E-state index in [1.807, 2.05) is 18.2 Å². The smallest absolute Gasteiger partial charge is 0.267 e. The number of hydrogen-bond acceptors (Lipinski definition) is 5. The molecule has 0 aliphatic heterocycles. The highest BCUT2D eigenvalue weighted by Gasteiger charge is 2.43. The summed E-state index contributed by atoms with van der Waals surface area (Å²) in [5.74, 6) is -0.143. The molecule has 1 aliphatic carbocycles. The van der Waals surface area contributed by atoms with E-state index in [1.54, 1.807) is 18.2 Å². The molecule has 1 heterocycles. The lowest BCUT2D eigenvalue weighted by atomic mass is 10.0. The van der Waals surface area contributed by atoms with Crippen LogP contribution in [0.1, 0.15) is 40.0 Å². The first-order valence-corrected chi connectivity index (χ1v) is 7.58. The van der Waals surface area contributed by atoms with E-state index in [0.717, 1.165) is 30.3 Å². The first-order chi connectivity index (χ1) is 11.5. The highest BCUT2D eigenvalue weighted by Crippen LogP contribution is 2.36. The number of nitrogens with zero attached hydrogens (tertiary/aromatic N) is 2. The minimum Gasteiger partial charge on any atom is -0.364 e. The number of hydrogen-bond donors (Lipinski definition) is 2. The zero-order valence-electron chi connectivity index (χ0n) is 13.0. The van der Waals surface area contributed by atoms with Crippen LogP contribution in [0.4, 0.5) is 5.82 Å². The maximum atomic E-state index is 11.5. The summed E-state index contributed by atoms with van der Waals surface area (Å²) < 4.78 is 0. The third-order valence-corrected chi connectivity index (χ3v) is 4.02. The Morgan fingerprint density at radius 3 is 2.54 bits per heavy atom. The Hall–Kier alpha value is -3.20. The number of nitriles is 1. The average molecular weight is 320 g/mol. The van der Waals surface area contributed by atoms with E-state index in [-0.39, 0.29) is 5.69 Å². The number of nitrogens with one attached hydrogen (secondary N) is 1. The summed E-state index contributed by atoms with van der Waals surface area (Å²) in [4.78, 5) is 26.8. The lowest BCUT2D eigenvalue weighted by Gasteiger charge is -2.13. The molecule has 2 aromatic rings. The molecular formula is C18H16N4O2. The standard InChI is InChI=1S/C18H16N4O2/c19-10-13-3-1-12(2-4-13)7-14-8-15(17(20)24)21-16(9-14)22-18(11-23)5-6-18/h1-4,8-9,11H,5-7H2,(H2,20,24)(H,21,22). The lowest BCUT2D eigenvalue weighted by Crippen LogP contribution is -2.24. The Bertz CT molecular complexity index is 833. The normalized spacial score (nSPS) is 14.5. The van der Waals surface area contributed by atoms with Crippen molar-refractivity contribution in [2.75, 3.05) is 5.32 Å². The SMILES string of the molecule is N#Cc1ccc(Cc2cc(NC3(C=O)CC3)nc(C(N)=O)c2)cc1. The molecule has 24 heavy (non-hydrogen) atoms. The number of rotatable bonds is 6. The van der Waals surface area contributed by atoms with Gasteiger partial charge in [0.2, 0.25) is 0 Å². The van der Waals surface area contributed by atoms with Gasteiger partial charge in [-0.05, 0) is 54.7 Å². The number of amides is 1. The van der Waals surface area contributed by atoms with E-state index >= 15 is 0 Å². The zero-order valence-corrected chi connectivity index (χ0v) is 13.0. The lowest BCUT2D eigenvalue weighted by molar-refractivity contribution is -0.109. The molecule has 0 atom stereocenters. The fraction of sp³-hybridized carbons (Fsp3) is 0.222. The van der Waals surface area contributed by atoms with E-state index < -0.39 is 11.4 Å². The van der Waals surface area contributed by atoms with E-state index in [1.165, 1.54) is 0 Å². The number of primary amides is 1. The highest BCUT2D eigenvalue weighted by molar-refractivity contribution is 5.91. The van der Waals surface area contributed by atoms with Gasteiger partial charge in [-0.15, -0.1) is 0 Å². The molecular weight excluding hydrogens is 304 g/mol. The van der Waals surface area contributed by atoms with Gasteiger partial charge in [0.25, 0.3) is 5.91 Å². The zero-order chi connectivity index (χ0) is 17.2. The van der Waals surface area contributed by atoms with Crippen molar-refractivity contribution in [3.05, 3.63) is 58.8 Å². The van der Waals surface area contributed by atoms with Crippen molar-refractivity contribution >= 4 is 18.0 Å². The predicted octanol–water partition coefficient (Wildman–Crippen LogP) is 1.79. The van der Waals surface area contributed by atoms with Gasteiger partial charge >= 0.3 is 0 Å². The first kappa shape index (κ1) is 15.7. The Morgan fingerprint density at radius 2 is 2.00 bits per heavy atom. The molecule has 1 aliphatic rings. The maximum absolute atomic E-state index is 11.5. The number of carbonyl (C=O) groups is 2. The summed E-state index contributed by atoms with van der Waals surface area (Å²) in [7, 11) is 0. The molecule has 0 saturated heterocycles. The summed E-state index contributed by atoms with van der Waals surface area (Å²) >= 11 is 0. The van der Waals surface area contributed by atoms with Gasteiger partial charge < -0.3 is 15.8 Å². The largest absolute Gasteiger partial charge is 0.364 e. The number of aromatic nitrogens is 1. The predicted molar refractivity (Wildman–Crippen MR) is 88.4 cm³/mol. The quantitative estimate of drug-likeness (QED) is 0.789. The number of benzene rings is 1. The fourth-order valence-corrected chi connectivity index (χ4v) is 2.47. The Labute approximate surface area is 139 Å². The second-order valence-electron chi connectivity index (χ2n) is 5.99. The van der Waals surface area contributed by atoms with Crippen LogP contribution in [0, 0.1) is 11.3 Å². The van der Waals surface area contributed by atoms with Crippen LogP contribution in [0.3, 0.4) is 0 Å². The van der Waals surface area contributed by atoms with Crippen LogP contribution >= 0.6 is 0 Å². The van der Waals surface area contributed by atoms with Gasteiger partial charge in [0.15, 0.2) is 0 Å². The number of anilines is 1. The molecule has 1 aromatic heterocycles. The summed E-state index contributed by atoms with van der Waals surface area (Å²) in [6.45, 7) is 0. The van der Waals surface area contributed by atoms with Crippen LogP contribution < -0.4 is 11.1 Å². The van der Waals surface area contributed by atoms with Crippen molar-refractivity contribution in [2.45, 2.75) is 24.8 Å². The Kier molecular flexibility index (Phi) is 4.00. The van der Waals surface area contributed by atoms with Crippen LogP contribution in [0.2, 0.25) is 0 Å². The summed E-state index contributed by atoms with van der Waals surface area (Å²) in [5.41, 5.74) is 7.40. The number of pyridine rings is 1. The molecule has 1 saturated carbocycles. The van der Waals surface area contributed by atoms with Crippen LogP contribution in [0.5, 0.6) is 0 Å². The van der Waals surface area contributed by atoms with Crippen LogP contribution in [-0.4, -0.2) is 22.7 Å². The first-order valence-electron chi connectivity index (χ1n) is 7.58. The third-order valence-electron chi connectivity index (χ3n) is 4.02. The molecule has 6 heteroatoms. The molecule has 3 N–H and O–H groups in total. The fourth-order valence-electron chi connectivity index (χ4n) is 2.47. The molecule has 1 fully saturated rings. The van der Waals surface area contributed by atoms with Gasteiger partial charge in [-0.2, -0.15) is 5.26 Å². The van der Waals surface area contributed by atoms with E-state index in [9.17, 15) is 9.59 Å². The van der Waals surface area contributed by atoms with E-state index in [0.29, 0.717) is 17.8 Å². The van der Waals surface area contributed by atoms with Crippen LogP contribution in [-0.2, 0) is 11.2 Å². The van der Waals surface area contributed by atoms with Crippen molar-refractivity contribution in [1.82, 2.24) is 4.98 Å². The topological polar surface area (TPSA) is 109 Å². The minimum atomic E-state index is -0.615. The molecule has 0 radical (unpaired) electrons. The Balaban J connectivity index is 1.88. The average Bonchev–Trinajstić information content (AvgIpc) is 3.35. The molecule has 6 nitrogen and oxygen atoms in total. The highest BCUT2D eigenvalue weighted by atomic mass is 16.1. The summed E-state index contributed by atoms with van der Waals surface area (Å²) in [5, 5.41) is 11.9. The van der Waals surface area contributed by atoms with Gasteiger partial charge in [0.05, 0.1) is 17.2 Å². The third kappa shape index (κ3) is 3.41. The number of aldehydes is 1. The van der Waals surface area contributed by atoms with Crippen LogP contribution in [0.25, 0.3) is 0 Å². The second kappa shape index (κ2) is 6.13. The van der Waals surface area contributed by atoms with Crippen molar-refractivity contribution in [2.24, 2.45) is 5.73 Å². The van der Waals surface area contributed by atoms with Gasteiger partial charge in [-0.25, -0.2) is 4.98 Å². The molecule has 0 spiro atoms. The molecule has 3 rings (SSSR count). The summed E-state index contributed by atoms with van der Waals surface area (Å²) in [6.07, 6.45) is 2.96. The van der Waals surface area contributed by atoms with Crippen molar-refractivity contribution in [3.8, 4) is 6.07 Å². The molecule has 120 valence electrons. The van der Waals surface area contributed by atoms with Crippen LogP contribution in [0.15, 0.2) is 36.4 Å². The number of nitrogens with two attached hydrogens (primary N) is 1. The molecule has 1 amide bonds. The van der Waals surface area contributed by atoms with Gasteiger partial charge in [-0.3, -0.25) is 4.79 Å². The van der Waals surface area contributed by atoms with Crippen molar-refractivity contribution < 1.29 is 9.59 Å². The minimum absolute atomic E-state index is 0.158. The van der Waals surface area contributed by atoms with Gasteiger partial charge in [0, 0.05) is 0 Å². The van der Waals surface area contributed by atoms with E-state index in [2.05, 4.69) is 16.4 Å². The molecule has 1 aromatic carbocycles. The Morgan fingerprint density at radius 1 is 1.29 bits per heavy atom. The van der Waals surface area contributed by atoms with E-state index in [4.69, 9.17) is 11.0 Å². The monoisotopic (exact) mass is 320 g/mol. The van der Waals surface area contributed by atoms with Crippen molar-refractivity contribution in [3.63, 3.8) is 0 Å². The molecule has 0 bridgehead atoms. The number of carbonyl (C=O) groups excluding carboxylic acids is 2. The maximum Gasteiger partial charge on any atom is 0.267 e. The second-order valence-corrected chi connectivity index (χ2v) is 5.99.